The number of likely N-dealkylation sites (tertiary alicyclic amines) is 1. The predicted molar refractivity (Wildman–Crippen MR) is 96.4 cm³/mol. The van der Waals surface area contributed by atoms with Gasteiger partial charge in [0, 0.05) is 24.0 Å². The molecule has 0 bridgehead atoms. The highest BCUT2D eigenvalue weighted by atomic mass is 32.1. The Morgan fingerprint density at radius 1 is 1.38 bits per heavy atom. The minimum absolute atomic E-state index is 0.123. The first-order valence-electron chi connectivity index (χ1n) is 8.66. The molecular formula is C18H19N5O2S. The first kappa shape index (κ1) is 16.8. The Morgan fingerprint density at radius 3 is 3.08 bits per heavy atom. The third-order valence-electron chi connectivity index (χ3n) is 4.60. The summed E-state index contributed by atoms with van der Waals surface area (Å²) in [6.45, 7) is 2.71. The molecule has 4 heterocycles. The van der Waals surface area contributed by atoms with Gasteiger partial charge >= 0.3 is 0 Å². The third-order valence-corrected chi connectivity index (χ3v) is 5.60. The predicted octanol–water partition coefficient (Wildman–Crippen LogP) is 3.19. The fraction of sp³-hybridized carbons (Fsp3) is 0.389. The van der Waals surface area contributed by atoms with Crippen LogP contribution in [0.2, 0.25) is 0 Å². The zero-order valence-corrected chi connectivity index (χ0v) is 15.3. The van der Waals surface area contributed by atoms with E-state index in [9.17, 15) is 4.79 Å². The van der Waals surface area contributed by atoms with Crippen molar-refractivity contribution < 1.29 is 9.32 Å². The monoisotopic (exact) mass is 369 g/mol. The summed E-state index contributed by atoms with van der Waals surface area (Å²) in [5.74, 6) is 1.07. The van der Waals surface area contributed by atoms with Gasteiger partial charge in [0.25, 0.3) is 0 Å². The van der Waals surface area contributed by atoms with Crippen molar-refractivity contribution in [1.82, 2.24) is 25.0 Å². The normalized spacial score (nSPS) is 17.0. The van der Waals surface area contributed by atoms with Gasteiger partial charge in [-0.1, -0.05) is 11.2 Å². The van der Waals surface area contributed by atoms with Crippen LogP contribution in [0.15, 0.2) is 34.4 Å². The van der Waals surface area contributed by atoms with Crippen LogP contribution in [0.5, 0.6) is 0 Å². The van der Waals surface area contributed by atoms with Crippen molar-refractivity contribution in [2.24, 2.45) is 0 Å². The number of amides is 1. The number of rotatable bonds is 5. The Balaban J connectivity index is 1.45. The highest BCUT2D eigenvalue weighted by Crippen LogP contribution is 2.32. The molecular weight excluding hydrogens is 350 g/mol. The van der Waals surface area contributed by atoms with Gasteiger partial charge in [-0.05, 0) is 38.3 Å². The fourth-order valence-electron chi connectivity index (χ4n) is 3.22. The first-order valence-corrected chi connectivity index (χ1v) is 9.54. The molecule has 1 amide bonds. The smallest absolute Gasteiger partial charge is 0.249 e. The second kappa shape index (κ2) is 7.33. The van der Waals surface area contributed by atoms with Crippen LogP contribution in [0, 0.1) is 6.92 Å². The van der Waals surface area contributed by atoms with Gasteiger partial charge in [-0.15, -0.1) is 11.3 Å². The lowest BCUT2D eigenvalue weighted by molar-refractivity contribution is -0.132. The van der Waals surface area contributed by atoms with E-state index in [2.05, 4.69) is 20.1 Å². The molecule has 1 atom stereocenters. The summed E-state index contributed by atoms with van der Waals surface area (Å²) in [5.41, 5.74) is 3.50. The number of nitrogens with zero attached hydrogens (tertiary/aromatic N) is 5. The van der Waals surface area contributed by atoms with Crippen LogP contribution in [0.4, 0.5) is 0 Å². The van der Waals surface area contributed by atoms with Crippen molar-refractivity contribution in [1.29, 1.82) is 0 Å². The summed E-state index contributed by atoms with van der Waals surface area (Å²) in [7, 11) is 0. The van der Waals surface area contributed by atoms with Crippen LogP contribution < -0.4 is 0 Å². The van der Waals surface area contributed by atoms with Crippen molar-refractivity contribution in [2.45, 2.75) is 38.6 Å². The number of aromatic nitrogens is 4. The van der Waals surface area contributed by atoms with Gasteiger partial charge in [0.1, 0.15) is 11.7 Å². The molecule has 4 rings (SSSR count). The lowest BCUT2D eigenvalue weighted by Gasteiger charge is -2.21. The Bertz CT molecular complexity index is 892. The van der Waals surface area contributed by atoms with Gasteiger partial charge in [-0.25, -0.2) is 4.98 Å². The standard InChI is InChI=1S/C18H19N5O2S/c1-12-15(26-11-20-12)7-8-16(24)23-10-4-6-14(23)18-21-17(22-25-18)13-5-2-3-9-19-13/h2-3,5,9,11,14H,4,6-8,10H2,1H3/t14-/m0/s1. The highest BCUT2D eigenvalue weighted by molar-refractivity contribution is 7.09. The molecule has 7 nitrogen and oxygen atoms in total. The number of thiazole rings is 1. The molecule has 8 heteroatoms. The van der Waals surface area contributed by atoms with E-state index < -0.39 is 0 Å². The minimum Gasteiger partial charge on any atom is -0.337 e. The minimum atomic E-state index is -0.144. The van der Waals surface area contributed by atoms with E-state index in [1.807, 2.05) is 35.5 Å². The van der Waals surface area contributed by atoms with Gasteiger partial charge in [0.15, 0.2) is 0 Å². The van der Waals surface area contributed by atoms with E-state index in [1.54, 1.807) is 17.5 Å². The van der Waals surface area contributed by atoms with E-state index in [4.69, 9.17) is 4.52 Å². The Labute approximate surface area is 155 Å². The van der Waals surface area contributed by atoms with E-state index in [1.165, 1.54) is 4.88 Å². The van der Waals surface area contributed by atoms with Crippen LogP contribution in [-0.4, -0.2) is 37.5 Å². The maximum Gasteiger partial charge on any atom is 0.249 e. The Morgan fingerprint density at radius 2 is 2.31 bits per heavy atom. The van der Waals surface area contributed by atoms with Crippen molar-refractivity contribution in [3.05, 3.63) is 46.4 Å². The summed E-state index contributed by atoms with van der Waals surface area (Å²) in [5, 5.41) is 4.03. The molecule has 3 aromatic rings. The second-order valence-electron chi connectivity index (χ2n) is 6.28. The second-order valence-corrected chi connectivity index (χ2v) is 7.22. The summed E-state index contributed by atoms with van der Waals surface area (Å²) in [6.07, 6.45) is 4.67. The Kier molecular flexibility index (Phi) is 4.75. The van der Waals surface area contributed by atoms with Crippen molar-refractivity contribution >= 4 is 17.2 Å². The average molecular weight is 369 g/mol. The van der Waals surface area contributed by atoms with Gasteiger partial charge in [-0.3, -0.25) is 9.78 Å². The summed E-state index contributed by atoms with van der Waals surface area (Å²) < 4.78 is 5.45. The molecule has 1 fully saturated rings. The largest absolute Gasteiger partial charge is 0.337 e. The van der Waals surface area contributed by atoms with E-state index in [0.717, 1.165) is 31.5 Å². The molecule has 0 spiro atoms. The molecule has 1 saturated heterocycles. The molecule has 26 heavy (non-hydrogen) atoms. The van der Waals surface area contributed by atoms with Crippen molar-refractivity contribution in [3.8, 4) is 11.5 Å². The fourth-order valence-corrected chi connectivity index (χ4v) is 4.00. The highest BCUT2D eigenvalue weighted by Gasteiger charge is 2.34. The zero-order valence-electron chi connectivity index (χ0n) is 14.5. The lowest BCUT2D eigenvalue weighted by atomic mass is 10.2. The third kappa shape index (κ3) is 3.37. The number of aryl methyl sites for hydroxylation is 2. The molecule has 0 aromatic carbocycles. The summed E-state index contributed by atoms with van der Waals surface area (Å²) in [4.78, 5) is 28.7. The van der Waals surface area contributed by atoms with Crippen molar-refractivity contribution in [3.63, 3.8) is 0 Å². The van der Waals surface area contributed by atoms with Crippen LogP contribution >= 0.6 is 11.3 Å². The molecule has 0 aliphatic carbocycles. The molecule has 0 unspecified atom stereocenters. The number of carbonyl (C=O) groups excluding carboxylic acids is 1. The topological polar surface area (TPSA) is 85.0 Å². The zero-order chi connectivity index (χ0) is 17.9. The molecule has 3 aromatic heterocycles. The molecule has 0 N–H and O–H groups in total. The van der Waals surface area contributed by atoms with Crippen LogP contribution in [-0.2, 0) is 11.2 Å². The quantitative estimate of drug-likeness (QED) is 0.687. The number of carbonyl (C=O) groups is 1. The summed E-state index contributed by atoms with van der Waals surface area (Å²) >= 11 is 1.60. The molecule has 1 aliphatic heterocycles. The van der Waals surface area contributed by atoms with E-state index >= 15 is 0 Å². The number of pyridine rings is 1. The number of hydrogen-bond donors (Lipinski definition) is 0. The van der Waals surface area contributed by atoms with Gasteiger partial charge < -0.3 is 9.42 Å². The van der Waals surface area contributed by atoms with Crippen LogP contribution in [0.1, 0.15) is 41.8 Å². The van der Waals surface area contributed by atoms with Crippen LogP contribution in [0.25, 0.3) is 11.5 Å². The van der Waals surface area contributed by atoms with Gasteiger partial charge in [0.2, 0.25) is 17.6 Å². The maximum absolute atomic E-state index is 12.7. The summed E-state index contributed by atoms with van der Waals surface area (Å²) in [6, 6.07) is 5.41. The van der Waals surface area contributed by atoms with Gasteiger partial charge in [0.05, 0.1) is 11.2 Å². The first-order chi connectivity index (χ1) is 12.7. The van der Waals surface area contributed by atoms with Gasteiger partial charge in [-0.2, -0.15) is 4.98 Å². The van der Waals surface area contributed by atoms with Crippen LogP contribution in [0.3, 0.4) is 0 Å². The number of hydrogen-bond acceptors (Lipinski definition) is 7. The van der Waals surface area contributed by atoms with Crippen molar-refractivity contribution in [2.75, 3.05) is 6.54 Å². The lowest BCUT2D eigenvalue weighted by Crippen LogP contribution is -2.30. The molecule has 0 saturated carbocycles. The molecule has 0 radical (unpaired) electrons. The average Bonchev–Trinajstić information content (AvgIpc) is 3.40. The molecule has 134 valence electrons. The Hall–Kier alpha value is -2.61. The van der Waals surface area contributed by atoms with E-state index in [0.29, 0.717) is 23.8 Å². The SMILES string of the molecule is Cc1ncsc1CCC(=O)N1CCC[C@H]1c1nc(-c2ccccn2)no1. The molecule has 1 aliphatic rings. The maximum atomic E-state index is 12.7. The van der Waals surface area contributed by atoms with E-state index in [-0.39, 0.29) is 11.9 Å².